The highest BCUT2D eigenvalue weighted by atomic mass is 15.2. The predicted octanol–water partition coefficient (Wildman–Crippen LogP) is 1.70. The van der Waals surface area contributed by atoms with Gasteiger partial charge in [0.25, 0.3) is 0 Å². The molecule has 3 rings (SSSR count). The molecule has 2 nitrogen and oxygen atoms in total. The van der Waals surface area contributed by atoms with Crippen LogP contribution in [0.3, 0.4) is 0 Å². The Hall–Kier alpha value is -1.28. The molecular formula is C13H16N2. The van der Waals surface area contributed by atoms with Gasteiger partial charge in [-0.05, 0) is 12.0 Å². The van der Waals surface area contributed by atoms with Gasteiger partial charge in [0.1, 0.15) is 0 Å². The Bertz CT molecular complexity index is 369. The molecule has 1 aromatic rings. The molecule has 0 aromatic heterocycles. The van der Waals surface area contributed by atoms with Crippen LogP contribution in [-0.4, -0.2) is 30.6 Å². The monoisotopic (exact) mass is 200 g/mol. The Morgan fingerprint density at radius 1 is 1.20 bits per heavy atom. The molecule has 1 saturated heterocycles. The summed E-state index contributed by atoms with van der Waals surface area (Å²) in [7, 11) is 0. The van der Waals surface area contributed by atoms with Crippen LogP contribution in [0.15, 0.2) is 36.4 Å². The highest BCUT2D eigenvalue weighted by Gasteiger charge is 2.28. The second-order valence-corrected chi connectivity index (χ2v) is 4.24. The number of nitrogens with zero attached hydrogens (tertiary/aromatic N) is 1. The molecule has 0 saturated carbocycles. The Balaban J connectivity index is 1.88. The molecule has 1 fully saturated rings. The van der Waals surface area contributed by atoms with Gasteiger partial charge in [0.2, 0.25) is 0 Å². The molecule has 78 valence electrons. The van der Waals surface area contributed by atoms with E-state index in [0.717, 1.165) is 19.6 Å². The normalized spacial score (nSPS) is 24.9. The van der Waals surface area contributed by atoms with Crippen LogP contribution in [0.5, 0.6) is 0 Å². The van der Waals surface area contributed by atoms with Crippen molar-refractivity contribution in [3.8, 4) is 0 Å². The topological polar surface area (TPSA) is 15.3 Å². The third-order valence-corrected chi connectivity index (χ3v) is 3.31. The van der Waals surface area contributed by atoms with E-state index in [0.29, 0.717) is 6.04 Å². The summed E-state index contributed by atoms with van der Waals surface area (Å²) in [6.07, 6.45) is 3.57. The van der Waals surface area contributed by atoms with Crippen LogP contribution in [0.4, 0.5) is 0 Å². The van der Waals surface area contributed by atoms with Gasteiger partial charge in [0.05, 0.1) is 0 Å². The molecule has 2 heteroatoms. The Morgan fingerprint density at radius 3 is 2.93 bits per heavy atom. The van der Waals surface area contributed by atoms with Crippen LogP contribution < -0.4 is 5.32 Å². The van der Waals surface area contributed by atoms with Crippen LogP contribution in [0.2, 0.25) is 0 Å². The van der Waals surface area contributed by atoms with Crippen molar-refractivity contribution in [2.75, 3.05) is 19.6 Å². The van der Waals surface area contributed by atoms with E-state index in [1.54, 1.807) is 0 Å². The number of piperazine rings is 1. The second kappa shape index (κ2) is 3.70. The molecule has 2 aliphatic heterocycles. The maximum Gasteiger partial charge on any atom is 0.0450 e. The fourth-order valence-corrected chi connectivity index (χ4v) is 2.55. The lowest BCUT2D eigenvalue weighted by molar-refractivity contribution is 0.261. The van der Waals surface area contributed by atoms with Crippen molar-refractivity contribution in [2.45, 2.75) is 12.5 Å². The highest BCUT2D eigenvalue weighted by molar-refractivity contribution is 5.66. The Morgan fingerprint density at radius 2 is 2.07 bits per heavy atom. The summed E-state index contributed by atoms with van der Waals surface area (Å²) < 4.78 is 0. The molecule has 1 N–H and O–H groups in total. The van der Waals surface area contributed by atoms with Crippen LogP contribution >= 0.6 is 0 Å². The smallest absolute Gasteiger partial charge is 0.0450 e. The Labute approximate surface area is 90.6 Å². The van der Waals surface area contributed by atoms with Gasteiger partial charge >= 0.3 is 0 Å². The van der Waals surface area contributed by atoms with Gasteiger partial charge < -0.3 is 10.2 Å². The number of fused-ring (bicyclic) bond motifs is 1. The van der Waals surface area contributed by atoms with E-state index in [9.17, 15) is 0 Å². The summed E-state index contributed by atoms with van der Waals surface area (Å²) in [6, 6.07) is 11.4. The minimum atomic E-state index is 0.689. The van der Waals surface area contributed by atoms with E-state index < -0.39 is 0 Å². The first kappa shape index (κ1) is 8.98. The standard InChI is InChI=1S/C13H16N2/c1-2-4-11(5-3-1)13-7-6-12-10-14-8-9-15(12)13/h1-5,7,12,14H,6,8-10H2. The molecule has 0 spiro atoms. The lowest BCUT2D eigenvalue weighted by Gasteiger charge is -2.34. The quantitative estimate of drug-likeness (QED) is 0.742. The fourth-order valence-electron chi connectivity index (χ4n) is 2.55. The van der Waals surface area contributed by atoms with Gasteiger partial charge in [-0.3, -0.25) is 0 Å². The summed E-state index contributed by atoms with van der Waals surface area (Å²) in [4.78, 5) is 2.55. The molecule has 0 radical (unpaired) electrons. The van der Waals surface area contributed by atoms with Gasteiger partial charge in [0, 0.05) is 31.4 Å². The minimum Gasteiger partial charge on any atom is -0.365 e. The maximum absolute atomic E-state index is 3.45. The van der Waals surface area contributed by atoms with Crippen molar-refractivity contribution in [1.29, 1.82) is 0 Å². The molecule has 2 heterocycles. The van der Waals surface area contributed by atoms with Crippen molar-refractivity contribution in [1.82, 2.24) is 10.2 Å². The van der Waals surface area contributed by atoms with Crippen molar-refractivity contribution in [3.63, 3.8) is 0 Å². The van der Waals surface area contributed by atoms with Crippen LogP contribution in [0.25, 0.3) is 5.70 Å². The zero-order valence-corrected chi connectivity index (χ0v) is 8.82. The van der Waals surface area contributed by atoms with Gasteiger partial charge in [-0.15, -0.1) is 0 Å². The summed E-state index contributed by atoms with van der Waals surface area (Å²) >= 11 is 0. The summed E-state index contributed by atoms with van der Waals surface area (Å²) in [5.74, 6) is 0. The van der Waals surface area contributed by atoms with Crippen molar-refractivity contribution < 1.29 is 0 Å². The summed E-state index contributed by atoms with van der Waals surface area (Å²) in [5.41, 5.74) is 2.80. The molecule has 0 aliphatic carbocycles. The van der Waals surface area contributed by atoms with Gasteiger partial charge in [-0.25, -0.2) is 0 Å². The van der Waals surface area contributed by atoms with E-state index in [1.165, 1.54) is 17.7 Å². The van der Waals surface area contributed by atoms with Crippen LogP contribution in [0, 0.1) is 0 Å². The maximum atomic E-state index is 3.45. The molecule has 2 aliphatic rings. The first-order chi connectivity index (χ1) is 7.45. The van der Waals surface area contributed by atoms with Crippen LogP contribution in [0.1, 0.15) is 12.0 Å². The predicted molar refractivity (Wildman–Crippen MR) is 62.4 cm³/mol. The van der Waals surface area contributed by atoms with E-state index in [1.807, 2.05) is 0 Å². The highest BCUT2D eigenvalue weighted by Crippen LogP contribution is 2.30. The number of benzene rings is 1. The van der Waals surface area contributed by atoms with Crippen molar-refractivity contribution in [2.24, 2.45) is 0 Å². The summed E-state index contributed by atoms with van der Waals surface area (Å²) in [5, 5.41) is 3.45. The SMILES string of the molecule is C1=C(c2ccccc2)N2CCNCC2C1. The largest absolute Gasteiger partial charge is 0.365 e. The molecule has 1 unspecified atom stereocenters. The minimum absolute atomic E-state index is 0.689. The zero-order valence-electron chi connectivity index (χ0n) is 8.82. The molecule has 15 heavy (non-hydrogen) atoms. The lowest BCUT2D eigenvalue weighted by Crippen LogP contribution is -2.47. The van der Waals surface area contributed by atoms with Crippen LogP contribution in [-0.2, 0) is 0 Å². The van der Waals surface area contributed by atoms with Gasteiger partial charge in [0.15, 0.2) is 0 Å². The Kier molecular flexibility index (Phi) is 2.22. The van der Waals surface area contributed by atoms with Gasteiger partial charge in [-0.2, -0.15) is 0 Å². The number of hydrogen-bond acceptors (Lipinski definition) is 2. The summed E-state index contributed by atoms with van der Waals surface area (Å²) in [6.45, 7) is 3.39. The van der Waals surface area contributed by atoms with Crippen molar-refractivity contribution >= 4 is 5.70 Å². The average Bonchev–Trinajstić information content (AvgIpc) is 2.74. The molecular weight excluding hydrogens is 184 g/mol. The first-order valence-corrected chi connectivity index (χ1v) is 5.68. The second-order valence-electron chi connectivity index (χ2n) is 4.24. The number of nitrogens with one attached hydrogen (secondary N) is 1. The first-order valence-electron chi connectivity index (χ1n) is 5.68. The average molecular weight is 200 g/mol. The third-order valence-electron chi connectivity index (χ3n) is 3.31. The lowest BCUT2D eigenvalue weighted by atomic mass is 10.1. The molecule has 1 aromatic carbocycles. The zero-order chi connectivity index (χ0) is 10.1. The molecule has 0 bridgehead atoms. The van der Waals surface area contributed by atoms with E-state index >= 15 is 0 Å². The van der Waals surface area contributed by atoms with Gasteiger partial charge in [-0.1, -0.05) is 36.4 Å². The van der Waals surface area contributed by atoms with E-state index in [4.69, 9.17) is 0 Å². The number of rotatable bonds is 1. The molecule has 1 atom stereocenters. The van der Waals surface area contributed by atoms with E-state index in [2.05, 4.69) is 46.6 Å². The number of hydrogen-bond donors (Lipinski definition) is 1. The van der Waals surface area contributed by atoms with E-state index in [-0.39, 0.29) is 0 Å². The third kappa shape index (κ3) is 1.55. The fraction of sp³-hybridized carbons (Fsp3) is 0.385. The molecule has 0 amide bonds. The van der Waals surface area contributed by atoms with Crippen molar-refractivity contribution in [3.05, 3.63) is 42.0 Å².